The summed E-state index contributed by atoms with van der Waals surface area (Å²) in [6, 6.07) is 16.4. The third kappa shape index (κ3) is 2.71. The van der Waals surface area contributed by atoms with Crippen molar-refractivity contribution >= 4 is 29.9 Å². The third-order valence-corrected chi connectivity index (χ3v) is 3.07. The molecular weight excluding hydrogens is 238 g/mol. The maximum absolute atomic E-state index is 5.97. The van der Waals surface area contributed by atoms with E-state index in [4.69, 9.17) is 5.73 Å². The zero-order chi connectivity index (χ0) is 10.7. The zero-order valence-corrected chi connectivity index (χ0v) is 10.6. The van der Waals surface area contributed by atoms with E-state index in [0.29, 0.717) is 0 Å². The van der Waals surface area contributed by atoms with Crippen molar-refractivity contribution in [1.82, 2.24) is 0 Å². The van der Waals surface area contributed by atoms with Crippen LogP contribution in [0, 0.1) is 0 Å². The van der Waals surface area contributed by atoms with E-state index in [1.54, 1.807) is 11.8 Å². The van der Waals surface area contributed by atoms with Crippen molar-refractivity contribution < 1.29 is 0 Å². The molecule has 2 aromatic carbocycles. The van der Waals surface area contributed by atoms with Gasteiger partial charge in [0.05, 0.1) is 0 Å². The molecule has 2 N–H and O–H groups in total. The average Bonchev–Trinajstić information content (AvgIpc) is 2.31. The molecule has 1 nitrogen and oxygen atoms in total. The van der Waals surface area contributed by atoms with Gasteiger partial charge in [-0.3, -0.25) is 0 Å². The molecule has 0 fully saturated rings. The van der Waals surface area contributed by atoms with Crippen molar-refractivity contribution in [3.63, 3.8) is 0 Å². The van der Waals surface area contributed by atoms with Crippen LogP contribution in [0.1, 0.15) is 0 Å². The highest BCUT2D eigenvalue weighted by molar-refractivity contribution is 7.98. The molecule has 0 spiro atoms. The van der Waals surface area contributed by atoms with E-state index in [1.807, 2.05) is 30.3 Å². The summed E-state index contributed by atoms with van der Waals surface area (Å²) >= 11 is 1.73. The fraction of sp³-hybridized carbons (Fsp3) is 0.0769. The van der Waals surface area contributed by atoms with Crippen LogP contribution < -0.4 is 5.73 Å². The monoisotopic (exact) mass is 251 g/mol. The molecular formula is C13H14ClNS. The Hall–Kier alpha value is -1.12. The molecule has 0 radical (unpaired) electrons. The molecule has 84 valence electrons. The lowest BCUT2D eigenvalue weighted by molar-refractivity contribution is 1.46. The largest absolute Gasteiger partial charge is 0.398 e. The van der Waals surface area contributed by atoms with Crippen molar-refractivity contribution in [2.45, 2.75) is 4.90 Å². The van der Waals surface area contributed by atoms with Crippen LogP contribution in [-0.2, 0) is 0 Å². The van der Waals surface area contributed by atoms with Crippen LogP contribution in [0.2, 0.25) is 0 Å². The molecule has 0 aliphatic heterocycles. The first-order chi connectivity index (χ1) is 7.31. The molecule has 0 amide bonds. The predicted molar refractivity (Wildman–Crippen MR) is 75.3 cm³/mol. The quantitative estimate of drug-likeness (QED) is 0.643. The van der Waals surface area contributed by atoms with Gasteiger partial charge < -0.3 is 5.73 Å². The molecule has 0 unspecified atom stereocenters. The minimum absolute atomic E-state index is 0. The van der Waals surface area contributed by atoms with E-state index in [9.17, 15) is 0 Å². The molecule has 16 heavy (non-hydrogen) atoms. The second kappa shape index (κ2) is 5.83. The van der Waals surface area contributed by atoms with Crippen LogP contribution in [0.4, 0.5) is 5.69 Å². The topological polar surface area (TPSA) is 26.0 Å². The summed E-state index contributed by atoms with van der Waals surface area (Å²) in [7, 11) is 0. The van der Waals surface area contributed by atoms with Gasteiger partial charge >= 0.3 is 0 Å². The Kier molecular flexibility index (Phi) is 4.71. The summed E-state index contributed by atoms with van der Waals surface area (Å²) in [5.41, 5.74) is 9.08. The third-order valence-electron chi connectivity index (χ3n) is 2.35. The number of thioether (sulfide) groups is 1. The summed E-state index contributed by atoms with van der Waals surface area (Å²) in [6.07, 6.45) is 2.07. The molecule has 0 heterocycles. The van der Waals surface area contributed by atoms with Crippen molar-refractivity contribution in [3.05, 3.63) is 48.5 Å². The van der Waals surface area contributed by atoms with Crippen LogP contribution in [0.5, 0.6) is 0 Å². The Balaban J connectivity index is 0.00000128. The highest BCUT2D eigenvalue weighted by atomic mass is 35.5. The van der Waals surface area contributed by atoms with Gasteiger partial charge in [-0.1, -0.05) is 30.3 Å². The van der Waals surface area contributed by atoms with Gasteiger partial charge in [0.15, 0.2) is 0 Å². The molecule has 2 rings (SSSR count). The first-order valence-electron chi connectivity index (χ1n) is 4.80. The average molecular weight is 252 g/mol. The van der Waals surface area contributed by atoms with Gasteiger partial charge in [0, 0.05) is 16.1 Å². The zero-order valence-electron chi connectivity index (χ0n) is 9.01. The molecule has 2 aromatic rings. The molecule has 0 saturated heterocycles. The molecule has 0 aliphatic carbocycles. The molecule has 0 saturated carbocycles. The van der Waals surface area contributed by atoms with Crippen LogP contribution >= 0.6 is 24.2 Å². The van der Waals surface area contributed by atoms with E-state index in [2.05, 4.69) is 24.5 Å². The lowest BCUT2D eigenvalue weighted by Crippen LogP contribution is -1.89. The minimum Gasteiger partial charge on any atom is -0.398 e. The fourth-order valence-electron chi connectivity index (χ4n) is 1.53. The molecule has 0 aromatic heterocycles. The summed E-state index contributed by atoms with van der Waals surface area (Å²) < 4.78 is 0. The minimum atomic E-state index is 0. The van der Waals surface area contributed by atoms with Crippen molar-refractivity contribution in [2.75, 3.05) is 12.0 Å². The number of rotatable bonds is 2. The maximum atomic E-state index is 5.97. The van der Waals surface area contributed by atoms with E-state index < -0.39 is 0 Å². The summed E-state index contributed by atoms with van der Waals surface area (Å²) in [5.74, 6) is 0. The van der Waals surface area contributed by atoms with E-state index in [-0.39, 0.29) is 12.4 Å². The van der Waals surface area contributed by atoms with Crippen molar-refractivity contribution in [3.8, 4) is 11.1 Å². The molecule has 0 aliphatic rings. The standard InChI is InChI=1S/C13H13NS.ClH/c1-15-11-7-8-13(14)12(9-11)10-5-3-2-4-6-10;/h2-9H,14H2,1H3;1H. The maximum Gasteiger partial charge on any atom is 0.0394 e. The van der Waals surface area contributed by atoms with E-state index >= 15 is 0 Å². The van der Waals surface area contributed by atoms with Gasteiger partial charge in [-0.2, -0.15) is 0 Å². The lowest BCUT2D eigenvalue weighted by atomic mass is 10.0. The molecule has 3 heteroatoms. The van der Waals surface area contributed by atoms with Gasteiger partial charge in [-0.05, 0) is 30.0 Å². The lowest BCUT2D eigenvalue weighted by Gasteiger charge is -2.07. The Bertz CT molecular complexity index is 457. The SMILES string of the molecule is CSc1ccc(N)c(-c2ccccc2)c1.Cl. The van der Waals surface area contributed by atoms with Crippen LogP contribution in [0.3, 0.4) is 0 Å². The first-order valence-corrected chi connectivity index (χ1v) is 6.02. The van der Waals surface area contributed by atoms with Gasteiger partial charge in [-0.25, -0.2) is 0 Å². The first kappa shape index (κ1) is 12.9. The molecule has 0 atom stereocenters. The number of anilines is 1. The highest BCUT2D eigenvalue weighted by Crippen LogP contribution is 2.29. The van der Waals surface area contributed by atoms with Gasteiger partial charge in [0.25, 0.3) is 0 Å². The normalized spacial score (nSPS) is 9.56. The van der Waals surface area contributed by atoms with Crippen molar-refractivity contribution in [2.24, 2.45) is 0 Å². The van der Waals surface area contributed by atoms with Crippen LogP contribution in [0.25, 0.3) is 11.1 Å². The van der Waals surface area contributed by atoms with Crippen molar-refractivity contribution in [1.29, 1.82) is 0 Å². The number of halogens is 1. The highest BCUT2D eigenvalue weighted by Gasteiger charge is 2.02. The second-order valence-electron chi connectivity index (χ2n) is 3.32. The Morgan fingerprint density at radius 1 is 1.00 bits per heavy atom. The number of benzene rings is 2. The number of nitrogen functional groups attached to an aromatic ring is 1. The molecule has 0 bridgehead atoms. The van der Waals surface area contributed by atoms with Crippen LogP contribution in [0.15, 0.2) is 53.4 Å². The summed E-state index contributed by atoms with van der Waals surface area (Å²) in [6.45, 7) is 0. The Morgan fingerprint density at radius 2 is 1.69 bits per heavy atom. The van der Waals surface area contributed by atoms with Crippen LogP contribution in [-0.4, -0.2) is 6.26 Å². The second-order valence-corrected chi connectivity index (χ2v) is 4.20. The smallest absolute Gasteiger partial charge is 0.0394 e. The Morgan fingerprint density at radius 3 is 2.31 bits per heavy atom. The number of hydrogen-bond donors (Lipinski definition) is 1. The predicted octanol–water partition coefficient (Wildman–Crippen LogP) is 4.08. The van der Waals surface area contributed by atoms with Gasteiger partial charge in [0.2, 0.25) is 0 Å². The van der Waals surface area contributed by atoms with E-state index in [0.717, 1.165) is 11.3 Å². The Labute approximate surface area is 106 Å². The summed E-state index contributed by atoms with van der Waals surface area (Å²) in [4.78, 5) is 1.24. The fourth-order valence-corrected chi connectivity index (χ4v) is 1.97. The number of nitrogens with two attached hydrogens (primary N) is 1. The van der Waals surface area contributed by atoms with Gasteiger partial charge in [-0.15, -0.1) is 24.2 Å². The van der Waals surface area contributed by atoms with E-state index in [1.165, 1.54) is 10.5 Å². The number of hydrogen-bond acceptors (Lipinski definition) is 2. The van der Waals surface area contributed by atoms with Gasteiger partial charge in [0.1, 0.15) is 0 Å². The summed E-state index contributed by atoms with van der Waals surface area (Å²) in [5, 5.41) is 0.